The Morgan fingerprint density at radius 3 is 2.45 bits per heavy atom. The molecule has 3 N–H and O–H groups in total. The van der Waals surface area contributed by atoms with Gasteiger partial charge in [-0.2, -0.15) is 0 Å². The van der Waals surface area contributed by atoms with Gasteiger partial charge in [0.15, 0.2) is 11.7 Å². The van der Waals surface area contributed by atoms with Gasteiger partial charge in [0.1, 0.15) is 0 Å². The number of hydrogen-bond acceptors (Lipinski definition) is 7. The van der Waals surface area contributed by atoms with Crippen LogP contribution in [0.5, 0.6) is 0 Å². The number of anilines is 1. The van der Waals surface area contributed by atoms with Crippen molar-refractivity contribution >= 4 is 44.9 Å². The van der Waals surface area contributed by atoms with Gasteiger partial charge in [-0.3, -0.25) is 19.3 Å². The third-order valence-electron chi connectivity index (χ3n) is 7.69. The molecule has 210 valence electrons. The number of aliphatic hydroxyl groups is 1. The summed E-state index contributed by atoms with van der Waals surface area (Å²) in [7, 11) is -3.48. The Morgan fingerprint density at radius 2 is 1.82 bits per heavy atom. The van der Waals surface area contributed by atoms with Gasteiger partial charge in [-0.15, -0.1) is 11.6 Å². The fraction of sp³-hybridized carbons (Fsp3) is 0.654. The number of nitrogens with zero attached hydrogens (tertiary/aromatic N) is 2. The van der Waals surface area contributed by atoms with Gasteiger partial charge in [0.05, 0.1) is 17.5 Å². The van der Waals surface area contributed by atoms with Gasteiger partial charge in [-0.05, 0) is 58.1 Å². The van der Waals surface area contributed by atoms with Crippen LogP contribution in [-0.4, -0.2) is 91.0 Å². The number of sulfonamides is 1. The van der Waals surface area contributed by atoms with Crippen LogP contribution in [0.1, 0.15) is 56.3 Å². The molecule has 3 aliphatic rings. The van der Waals surface area contributed by atoms with Gasteiger partial charge in [0.2, 0.25) is 21.8 Å². The Labute approximate surface area is 229 Å². The second kappa shape index (κ2) is 12.0. The van der Waals surface area contributed by atoms with Gasteiger partial charge >= 0.3 is 0 Å². The number of nitrogens with one attached hydrogen (secondary N) is 2. The highest BCUT2D eigenvalue weighted by molar-refractivity contribution is 7.89. The van der Waals surface area contributed by atoms with Gasteiger partial charge in [0.25, 0.3) is 0 Å². The molecule has 0 radical (unpaired) electrons. The van der Waals surface area contributed by atoms with Crippen LogP contribution in [0, 0.1) is 5.92 Å². The molecular weight excluding hydrogens is 532 g/mol. The third-order valence-corrected chi connectivity index (χ3v) is 9.39. The number of ketones is 1. The first-order chi connectivity index (χ1) is 18.0. The van der Waals surface area contributed by atoms with Crippen LogP contribution >= 0.6 is 11.6 Å². The number of carbonyl (C=O) groups is 3. The summed E-state index contributed by atoms with van der Waals surface area (Å²) in [5.74, 6) is -2.77. The Morgan fingerprint density at radius 1 is 1.16 bits per heavy atom. The number of alkyl halides is 1. The van der Waals surface area contributed by atoms with Crippen molar-refractivity contribution < 1.29 is 27.9 Å². The number of amides is 2. The monoisotopic (exact) mass is 568 g/mol. The zero-order chi connectivity index (χ0) is 27.6. The van der Waals surface area contributed by atoms with Crippen molar-refractivity contribution in [3.8, 4) is 0 Å². The van der Waals surface area contributed by atoms with E-state index in [0.717, 1.165) is 12.8 Å². The molecule has 1 aromatic carbocycles. The van der Waals surface area contributed by atoms with Crippen LogP contribution in [0.15, 0.2) is 24.3 Å². The summed E-state index contributed by atoms with van der Waals surface area (Å²) >= 11 is 5.57. The molecule has 0 aliphatic carbocycles. The molecule has 2 bridgehead atoms. The second-order valence-corrected chi connectivity index (χ2v) is 13.0. The van der Waals surface area contributed by atoms with Crippen LogP contribution in [0.4, 0.5) is 5.69 Å². The minimum Gasteiger partial charge on any atom is -0.390 e. The highest BCUT2D eigenvalue weighted by atomic mass is 35.5. The zero-order valence-electron chi connectivity index (χ0n) is 21.8. The fourth-order valence-corrected chi connectivity index (χ4v) is 7.41. The van der Waals surface area contributed by atoms with Gasteiger partial charge < -0.3 is 15.3 Å². The number of para-hydroxylation sites is 1. The summed E-state index contributed by atoms with van der Waals surface area (Å²) in [5.41, 5.74) is 0.913. The summed E-state index contributed by atoms with van der Waals surface area (Å²) in [6.07, 6.45) is 2.55. The summed E-state index contributed by atoms with van der Waals surface area (Å²) in [6, 6.07) is 6.72. The molecule has 2 fully saturated rings. The summed E-state index contributed by atoms with van der Waals surface area (Å²) in [4.78, 5) is 43.5. The van der Waals surface area contributed by atoms with Crippen molar-refractivity contribution in [2.45, 2.75) is 76.2 Å². The minimum atomic E-state index is -3.48. The van der Waals surface area contributed by atoms with Crippen molar-refractivity contribution in [2.75, 3.05) is 29.6 Å². The molecule has 1 aromatic rings. The van der Waals surface area contributed by atoms with Crippen molar-refractivity contribution in [3.05, 3.63) is 29.8 Å². The second-order valence-electron chi connectivity index (χ2n) is 10.7. The Kier molecular flexibility index (Phi) is 9.14. The number of hydrogen-bond donors (Lipinski definition) is 3. The molecule has 3 aliphatic heterocycles. The van der Waals surface area contributed by atoms with E-state index in [1.54, 1.807) is 24.3 Å². The average Bonchev–Trinajstić information content (AvgIpc) is 3.08. The first-order valence-electron chi connectivity index (χ1n) is 13.3. The van der Waals surface area contributed by atoms with Crippen LogP contribution in [0.25, 0.3) is 0 Å². The molecule has 0 spiro atoms. The van der Waals surface area contributed by atoms with E-state index in [2.05, 4.69) is 14.9 Å². The Hall–Kier alpha value is -2.05. The molecule has 2 unspecified atom stereocenters. The fourth-order valence-electron chi connectivity index (χ4n) is 6.00. The standard InChI is InChI=1S/C26H37ClN4O6S/c1-16(2)31-22-7-4-3-6-21(22)24(33)23(26(31)35)25(34)29-17-12-18-8-9-19(13-17)30(18)15-20(32)14-28-38(36,37)11-5-10-27/h3-4,6-7,16-20,23,28,32H,5,8-15H2,1-2H3,(H,29,34)/t17-,18-,19+,20?,23?. The predicted molar refractivity (Wildman–Crippen MR) is 145 cm³/mol. The predicted octanol–water partition coefficient (Wildman–Crippen LogP) is 1.26. The number of Topliss-reactive ketones (excluding diaryl/α,β-unsaturated/α-hetero) is 1. The Balaban J connectivity index is 1.35. The van der Waals surface area contributed by atoms with Gasteiger partial charge in [-0.25, -0.2) is 13.1 Å². The van der Waals surface area contributed by atoms with Crippen molar-refractivity contribution in [3.63, 3.8) is 0 Å². The molecule has 2 saturated heterocycles. The molecule has 5 atom stereocenters. The van der Waals surface area contributed by atoms with E-state index in [9.17, 15) is 27.9 Å². The van der Waals surface area contributed by atoms with Gasteiger partial charge in [-0.1, -0.05) is 12.1 Å². The van der Waals surface area contributed by atoms with E-state index in [1.807, 2.05) is 13.8 Å². The quantitative estimate of drug-likeness (QED) is 0.270. The molecule has 38 heavy (non-hydrogen) atoms. The largest absolute Gasteiger partial charge is 0.390 e. The third kappa shape index (κ3) is 6.22. The maximum atomic E-state index is 13.3. The molecule has 10 nitrogen and oxygen atoms in total. The lowest BCUT2D eigenvalue weighted by Gasteiger charge is -2.41. The van der Waals surface area contributed by atoms with Crippen molar-refractivity contribution in [1.82, 2.24) is 14.9 Å². The number of fused-ring (bicyclic) bond motifs is 3. The molecule has 2 amide bonds. The molecule has 0 saturated carbocycles. The lowest BCUT2D eigenvalue weighted by Crippen LogP contribution is -2.57. The number of benzene rings is 1. The number of halogens is 1. The smallest absolute Gasteiger partial charge is 0.247 e. The topological polar surface area (TPSA) is 136 Å². The van der Waals surface area contributed by atoms with Gasteiger partial charge in [0, 0.05) is 48.7 Å². The summed E-state index contributed by atoms with van der Waals surface area (Å²) in [6.45, 7) is 3.96. The maximum Gasteiger partial charge on any atom is 0.247 e. The van der Waals surface area contributed by atoms with E-state index < -0.39 is 39.6 Å². The SMILES string of the molecule is CC(C)N1C(=O)C(C(=O)N[C@@H]2C[C@H]3CC[C@@H](C2)N3CC(O)CNS(=O)(=O)CCCCl)C(=O)c2ccccc21. The van der Waals surface area contributed by atoms with Crippen LogP contribution in [-0.2, 0) is 19.6 Å². The van der Waals surface area contributed by atoms with E-state index in [4.69, 9.17) is 11.6 Å². The van der Waals surface area contributed by atoms with E-state index in [-0.39, 0.29) is 42.3 Å². The lowest BCUT2D eigenvalue weighted by atomic mass is 9.88. The van der Waals surface area contributed by atoms with Crippen molar-refractivity contribution in [1.29, 1.82) is 0 Å². The molecule has 12 heteroatoms. The molecule has 3 heterocycles. The zero-order valence-corrected chi connectivity index (χ0v) is 23.4. The van der Waals surface area contributed by atoms with E-state index in [0.29, 0.717) is 37.1 Å². The first kappa shape index (κ1) is 28.9. The van der Waals surface area contributed by atoms with E-state index >= 15 is 0 Å². The number of aliphatic hydroxyl groups excluding tert-OH is 1. The molecular formula is C26H37ClN4O6S. The highest BCUT2D eigenvalue weighted by Crippen LogP contribution is 2.37. The number of rotatable bonds is 11. The van der Waals surface area contributed by atoms with E-state index in [1.165, 1.54) is 4.90 Å². The van der Waals surface area contributed by atoms with Crippen LogP contribution in [0.2, 0.25) is 0 Å². The summed E-state index contributed by atoms with van der Waals surface area (Å²) in [5, 5.41) is 13.5. The minimum absolute atomic E-state index is 0.0690. The normalized spacial score (nSPS) is 26.5. The highest BCUT2D eigenvalue weighted by Gasteiger charge is 2.47. The van der Waals surface area contributed by atoms with Crippen LogP contribution < -0.4 is 14.9 Å². The lowest BCUT2D eigenvalue weighted by molar-refractivity contribution is -0.132. The number of carbonyl (C=O) groups excluding carboxylic acids is 3. The van der Waals surface area contributed by atoms with Crippen LogP contribution in [0.3, 0.4) is 0 Å². The van der Waals surface area contributed by atoms with Crippen molar-refractivity contribution in [2.24, 2.45) is 5.92 Å². The Bertz CT molecular complexity index is 1150. The molecule has 0 aromatic heterocycles. The first-order valence-corrected chi connectivity index (χ1v) is 15.4. The maximum absolute atomic E-state index is 13.3. The number of piperidine rings is 1. The summed E-state index contributed by atoms with van der Waals surface area (Å²) < 4.78 is 26.4. The molecule has 4 rings (SSSR count). The average molecular weight is 569 g/mol.